The molecule has 0 bridgehead atoms. The zero-order chi connectivity index (χ0) is 7.28. The summed E-state index contributed by atoms with van der Waals surface area (Å²) in [6, 6.07) is 0. The van der Waals surface area contributed by atoms with Crippen LogP contribution in [0.5, 0.6) is 0 Å². The third-order valence-electron chi connectivity index (χ3n) is 0.894. The van der Waals surface area contributed by atoms with Gasteiger partial charge in [0.25, 0.3) is 0 Å². The van der Waals surface area contributed by atoms with E-state index in [2.05, 4.69) is 5.92 Å². The average Bonchev–Trinajstić information content (AvgIpc) is 1.83. The van der Waals surface area contributed by atoms with Gasteiger partial charge >= 0.3 is 0 Å². The molecule has 0 aliphatic rings. The van der Waals surface area contributed by atoms with Gasteiger partial charge in [0.2, 0.25) is 0 Å². The van der Waals surface area contributed by atoms with Crippen molar-refractivity contribution >= 4 is 0 Å². The predicted molar refractivity (Wildman–Crippen MR) is 42.0 cm³/mol. The number of hydrogen-bond donors (Lipinski definition) is 0. The van der Waals surface area contributed by atoms with E-state index in [4.69, 9.17) is 6.42 Å². The van der Waals surface area contributed by atoms with Crippen molar-refractivity contribution in [3.8, 4) is 12.3 Å². The van der Waals surface area contributed by atoms with Crippen LogP contribution in [0, 0.1) is 12.3 Å². The largest absolute Gasteiger partial charge is 0.115 e. The lowest BCUT2D eigenvalue weighted by atomic mass is 10.2. The standard InChI is InChI=1S/C9H12/c1-5-9(4)7-6-8(2)3/h1,6-7H,2-4H3. The van der Waals surface area contributed by atoms with Crippen molar-refractivity contribution in [1.82, 2.24) is 0 Å². The second-order valence-electron chi connectivity index (χ2n) is 2.24. The molecule has 9 heavy (non-hydrogen) atoms. The van der Waals surface area contributed by atoms with Gasteiger partial charge in [-0.2, -0.15) is 0 Å². The van der Waals surface area contributed by atoms with Gasteiger partial charge < -0.3 is 0 Å². The van der Waals surface area contributed by atoms with E-state index < -0.39 is 0 Å². The van der Waals surface area contributed by atoms with Crippen molar-refractivity contribution in [1.29, 1.82) is 0 Å². The van der Waals surface area contributed by atoms with E-state index in [0.29, 0.717) is 0 Å². The van der Waals surface area contributed by atoms with Gasteiger partial charge in [0.1, 0.15) is 0 Å². The van der Waals surface area contributed by atoms with Crippen LogP contribution in [0.1, 0.15) is 20.8 Å². The Bertz CT molecular complexity index is 171. The predicted octanol–water partition coefficient (Wildman–Crippen LogP) is 2.53. The zero-order valence-electron chi connectivity index (χ0n) is 6.23. The molecule has 48 valence electrons. The normalized spacial score (nSPS) is 10.2. The number of rotatable bonds is 1. The van der Waals surface area contributed by atoms with Crippen molar-refractivity contribution in [3.63, 3.8) is 0 Å². The van der Waals surface area contributed by atoms with E-state index in [9.17, 15) is 0 Å². The van der Waals surface area contributed by atoms with Crippen LogP contribution in [0.2, 0.25) is 0 Å². The molecule has 0 N–H and O–H groups in total. The lowest BCUT2D eigenvalue weighted by molar-refractivity contribution is 1.39. The molecule has 0 radical (unpaired) electrons. The van der Waals surface area contributed by atoms with Crippen LogP contribution < -0.4 is 0 Å². The molecule has 0 aliphatic carbocycles. The molecule has 0 saturated carbocycles. The third-order valence-corrected chi connectivity index (χ3v) is 0.894. The van der Waals surface area contributed by atoms with E-state index in [0.717, 1.165) is 5.57 Å². The molecule has 0 aliphatic heterocycles. The second kappa shape index (κ2) is 3.97. The zero-order valence-corrected chi connectivity index (χ0v) is 6.23. The molecule has 0 unspecified atom stereocenters. The Morgan fingerprint density at radius 2 is 1.78 bits per heavy atom. The maximum atomic E-state index is 5.11. The molecule has 0 aromatic rings. The summed E-state index contributed by atoms with van der Waals surface area (Å²) in [6.45, 7) is 6.00. The highest BCUT2D eigenvalue weighted by atomic mass is 13.8. The number of terminal acetylenes is 1. The Hall–Kier alpha value is -0.960. The fourth-order valence-electron chi connectivity index (χ4n) is 0.340. The minimum Gasteiger partial charge on any atom is -0.115 e. The van der Waals surface area contributed by atoms with Crippen LogP contribution in [0.4, 0.5) is 0 Å². The Balaban J connectivity index is 4.03. The summed E-state index contributed by atoms with van der Waals surface area (Å²) in [6.07, 6.45) is 9.06. The van der Waals surface area contributed by atoms with E-state index >= 15 is 0 Å². The summed E-state index contributed by atoms with van der Waals surface area (Å²) >= 11 is 0. The SMILES string of the molecule is C#CC(C)=CC=C(C)C. The number of hydrogen-bond acceptors (Lipinski definition) is 0. The van der Waals surface area contributed by atoms with Crippen molar-refractivity contribution in [3.05, 3.63) is 23.3 Å². The monoisotopic (exact) mass is 120 g/mol. The highest BCUT2D eigenvalue weighted by Gasteiger charge is 1.75. The molecule has 0 heterocycles. The van der Waals surface area contributed by atoms with E-state index in [1.807, 2.05) is 32.9 Å². The van der Waals surface area contributed by atoms with Crippen LogP contribution in [0.25, 0.3) is 0 Å². The fourth-order valence-corrected chi connectivity index (χ4v) is 0.340. The van der Waals surface area contributed by atoms with Crippen molar-refractivity contribution in [2.45, 2.75) is 20.8 Å². The third kappa shape index (κ3) is 4.90. The minimum atomic E-state index is 0.969. The first kappa shape index (κ1) is 8.04. The summed E-state index contributed by atoms with van der Waals surface area (Å²) in [5.74, 6) is 2.54. The lowest BCUT2D eigenvalue weighted by Gasteiger charge is -1.83. The first-order valence-electron chi connectivity index (χ1n) is 2.95. The summed E-state index contributed by atoms with van der Waals surface area (Å²) in [7, 11) is 0. The summed E-state index contributed by atoms with van der Waals surface area (Å²) in [5, 5.41) is 0. The van der Waals surface area contributed by atoms with Crippen molar-refractivity contribution in [2.75, 3.05) is 0 Å². The average molecular weight is 120 g/mol. The van der Waals surface area contributed by atoms with Crippen LogP contribution in [-0.4, -0.2) is 0 Å². The van der Waals surface area contributed by atoms with Crippen LogP contribution in [0.3, 0.4) is 0 Å². The van der Waals surface area contributed by atoms with E-state index in [-0.39, 0.29) is 0 Å². The Kier molecular flexibility index (Phi) is 3.55. The Labute approximate surface area is 57.3 Å². The maximum absolute atomic E-state index is 5.11. The van der Waals surface area contributed by atoms with Crippen molar-refractivity contribution in [2.24, 2.45) is 0 Å². The van der Waals surface area contributed by atoms with Crippen LogP contribution in [0.15, 0.2) is 23.3 Å². The molecule has 0 amide bonds. The molecular weight excluding hydrogens is 108 g/mol. The number of allylic oxidation sites excluding steroid dienone is 4. The Morgan fingerprint density at radius 3 is 2.11 bits per heavy atom. The van der Waals surface area contributed by atoms with Gasteiger partial charge in [-0.25, -0.2) is 0 Å². The maximum Gasteiger partial charge on any atom is -0.00135 e. The summed E-state index contributed by atoms with van der Waals surface area (Å²) in [4.78, 5) is 0. The molecular formula is C9H12. The molecule has 0 spiro atoms. The quantitative estimate of drug-likeness (QED) is 0.368. The first-order chi connectivity index (χ1) is 4.16. The molecule has 0 nitrogen and oxygen atoms in total. The molecule has 0 saturated heterocycles. The summed E-state index contributed by atoms with van der Waals surface area (Å²) < 4.78 is 0. The smallest absolute Gasteiger partial charge is 0.00135 e. The van der Waals surface area contributed by atoms with Crippen LogP contribution in [-0.2, 0) is 0 Å². The molecule has 0 rings (SSSR count). The van der Waals surface area contributed by atoms with Gasteiger partial charge in [-0.15, -0.1) is 6.42 Å². The van der Waals surface area contributed by atoms with Crippen LogP contribution >= 0.6 is 0 Å². The first-order valence-corrected chi connectivity index (χ1v) is 2.95. The minimum absolute atomic E-state index is 0.969. The van der Waals surface area contributed by atoms with Gasteiger partial charge in [-0.3, -0.25) is 0 Å². The van der Waals surface area contributed by atoms with E-state index in [1.165, 1.54) is 5.57 Å². The highest BCUT2D eigenvalue weighted by Crippen LogP contribution is 1.93. The molecule has 0 atom stereocenters. The fraction of sp³-hybridized carbons (Fsp3) is 0.333. The lowest BCUT2D eigenvalue weighted by Crippen LogP contribution is -1.65. The topological polar surface area (TPSA) is 0 Å². The summed E-state index contributed by atoms with van der Waals surface area (Å²) in [5.41, 5.74) is 2.24. The van der Waals surface area contributed by atoms with Gasteiger partial charge in [-0.1, -0.05) is 23.6 Å². The molecule has 0 fully saturated rings. The second-order valence-corrected chi connectivity index (χ2v) is 2.24. The molecule has 0 aromatic carbocycles. The Morgan fingerprint density at radius 1 is 1.22 bits per heavy atom. The van der Waals surface area contributed by atoms with Gasteiger partial charge in [-0.05, 0) is 26.3 Å². The van der Waals surface area contributed by atoms with Gasteiger partial charge in [0, 0.05) is 0 Å². The molecule has 0 aromatic heterocycles. The van der Waals surface area contributed by atoms with Gasteiger partial charge in [0.05, 0.1) is 0 Å². The highest BCUT2D eigenvalue weighted by molar-refractivity contribution is 5.27. The van der Waals surface area contributed by atoms with E-state index in [1.54, 1.807) is 0 Å². The molecule has 0 heteroatoms. The van der Waals surface area contributed by atoms with Crippen molar-refractivity contribution < 1.29 is 0 Å². The van der Waals surface area contributed by atoms with Gasteiger partial charge in [0.15, 0.2) is 0 Å².